The number of hydrogen-bond acceptors (Lipinski definition) is 5. The number of benzene rings is 1. The molecule has 1 aliphatic heterocycles. The lowest BCUT2D eigenvalue weighted by atomic mass is 9.86. The van der Waals surface area contributed by atoms with Crippen molar-refractivity contribution in [2.24, 2.45) is 0 Å². The van der Waals surface area contributed by atoms with Crippen LogP contribution in [0.4, 0.5) is 5.82 Å². The zero-order chi connectivity index (χ0) is 16.6. The predicted octanol–water partition coefficient (Wildman–Crippen LogP) is 1.57. The number of para-hydroxylation sites is 1. The molecule has 0 saturated heterocycles. The van der Waals surface area contributed by atoms with Gasteiger partial charge < -0.3 is 19.8 Å². The van der Waals surface area contributed by atoms with E-state index in [9.17, 15) is 9.59 Å². The van der Waals surface area contributed by atoms with Crippen molar-refractivity contribution < 1.29 is 14.3 Å². The van der Waals surface area contributed by atoms with Crippen LogP contribution < -0.4 is 20.3 Å². The Kier molecular flexibility index (Phi) is 3.77. The smallest absolute Gasteiger partial charge is 0.256 e. The van der Waals surface area contributed by atoms with Crippen molar-refractivity contribution in [3.05, 3.63) is 45.5 Å². The first kappa shape index (κ1) is 15.1. The standard InChI is InChI=1S/C16H17N3O4/c1-8-17-15-13(16(21)18-8)10(7-12(20)19-15)9-5-4-6-11(22-2)14(9)23-3/h4-6,10H,7H2,1-3H3,(H2,17,18,19,20,21)/t10-/m0/s1. The Hall–Kier alpha value is -2.83. The molecule has 3 rings (SSSR count). The maximum atomic E-state index is 12.4. The summed E-state index contributed by atoms with van der Waals surface area (Å²) >= 11 is 0. The molecule has 1 aromatic heterocycles. The summed E-state index contributed by atoms with van der Waals surface area (Å²) in [7, 11) is 3.07. The third-order valence-electron chi connectivity index (χ3n) is 3.88. The van der Waals surface area contributed by atoms with Gasteiger partial charge >= 0.3 is 0 Å². The summed E-state index contributed by atoms with van der Waals surface area (Å²) in [6, 6.07) is 5.40. The summed E-state index contributed by atoms with van der Waals surface area (Å²) in [4.78, 5) is 31.4. The number of carbonyl (C=O) groups excluding carboxylic acids is 1. The van der Waals surface area contributed by atoms with Crippen LogP contribution in [0, 0.1) is 6.92 Å². The van der Waals surface area contributed by atoms with Crippen LogP contribution in [0.2, 0.25) is 0 Å². The molecule has 2 heterocycles. The molecule has 2 N–H and O–H groups in total. The van der Waals surface area contributed by atoms with Crippen LogP contribution in [0.25, 0.3) is 0 Å². The van der Waals surface area contributed by atoms with Crippen LogP contribution in [0.5, 0.6) is 11.5 Å². The van der Waals surface area contributed by atoms with Crippen molar-refractivity contribution in [2.75, 3.05) is 19.5 Å². The highest BCUT2D eigenvalue weighted by Crippen LogP contribution is 2.42. The lowest BCUT2D eigenvalue weighted by Gasteiger charge is -2.26. The fourth-order valence-electron chi connectivity index (χ4n) is 2.94. The number of hydrogen-bond donors (Lipinski definition) is 2. The summed E-state index contributed by atoms with van der Waals surface area (Å²) in [5.41, 5.74) is 0.892. The maximum absolute atomic E-state index is 12.4. The molecular formula is C16H17N3O4. The average molecular weight is 315 g/mol. The second-order valence-corrected chi connectivity index (χ2v) is 5.30. The molecule has 0 unspecified atom stereocenters. The highest BCUT2D eigenvalue weighted by molar-refractivity contribution is 5.94. The fourth-order valence-corrected chi connectivity index (χ4v) is 2.94. The molecule has 0 saturated carbocycles. The van der Waals surface area contributed by atoms with Gasteiger partial charge in [-0.2, -0.15) is 0 Å². The zero-order valence-electron chi connectivity index (χ0n) is 13.1. The number of anilines is 1. The van der Waals surface area contributed by atoms with Gasteiger partial charge in [-0.15, -0.1) is 0 Å². The van der Waals surface area contributed by atoms with Crippen molar-refractivity contribution in [1.82, 2.24) is 9.97 Å². The van der Waals surface area contributed by atoms with Gasteiger partial charge in [0.05, 0.1) is 19.8 Å². The third-order valence-corrected chi connectivity index (χ3v) is 3.88. The van der Waals surface area contributed by atoms with E-state index >= 15 is 0 Å². The molecule has 1 aromatic carbocycles. The molecule has 0 radical (unpaired) electrons. The Morgan fingerprint density at radius 2 is 2.00 bits per heavy atom. The SMILES string of the molecule is COc1cccc([C@@H]2CC(=O)Nc3nc(C)[nH]c(=O)c32)c1OC. The number of methoxy groups -OCH3 is 2. The van der Waals surface area contributed by atoms with Gasteiger partial charge in [-0.3, -0.25) is 9.59 Å². The topological polar surface area (TPSA) is 93.3 Å². The number of carbonyl (C=O) groups is 1. The summed E-state index contributed by atoms with van der Waals surface area (Å²) in [6.07, 6.45) is 0.143. The first-order valence-corrected chi connectivity index (χ1v) is 7.16. The van der Waals surface area contributed by atoms with Crippen LogP contribution in [0.3, 0.4) is 0 Å². The van der Waals surface area contributed by atoms with Crippen molar-refractivity contribution in [1.29, 1.82) is 0 Å². The Bertz CT molecular complexity index is 829. The van der Waals surface area contributed by atoms with E-state index in [1.807, 2.05) is 6.07 Å². The van der Waals surface area contributed by atoms with Crippen LogP contribution in [-0.4, -0.2) is 30.1 Å². The highest BCUT2D eigenvalue weighted by Gasteiger charge is 2.33. The average Bonchev–Trinajstić information content (AvgIpc) is 2.52. The summed E-state index contributed by atoms with van der Waals surface area (Å²) in [5, 5.41) is 2.67. The largest absolute Gasteiger partial charge is 0.493 e. The number of fused-ring (bicyclic) bond motifs is 1. The molecular weight excluding hydrogens is 298 g/mol. The van der Waals surface area contributed by atoms with E-state index in [2.05, 4.69) is 15.3 Å². The van der Waals surface area contributed by atoms with E-state index in [1.165, 1.54) is 7.11 Å². The molecule has 7 nitrogen and oxygen atoms in total. The second-order valence-electron chi connectivity index (χ2n) is 5.30. The lowest BCUT2D eigenvalue weighted by molar-refractivity contribution is -0.116. The number of ether oxygens (including phenoxy) is 2. The molecule has 0 bridgehead atoms. The first-order valence-electron chi connectivity index (χ1n) is 7.16. The van der Waals surface area contributed by atoms with Gasteiger partial charge in [0.2, 0.25) is 5.91 Å². The minimum Gasteiger partial charge on any atom is -0.493 e. The Morgan fingerprint density at radius 3 is 2.70 bits per heavy atom. The molecule has 1 amide bonds. The molecule has 0 spiro atoms. The number of rotatable bonds is 3. The summed E-state index contributed by atoms with van der Waals surface area (Å²) in [6.45, 7) is 1.67. The number of amides is 1. The Morgan fingerprint density at radius 1 is 1.22 bits per heavy atom. The third kappa shape index (κ3) is 2.54. The van der Waals surface area contributed by atoms with Crippen LogP contribution in [-0.2, 0) is 4.79 Å². The zero-order valence-corrected chi connectivity index (χ0v) is 13.1. The maximum Gasteiger partial charge on any atom is 0.256 e. The van der Waals surface area contributed by atoms with Gasteiger partial charge in [-0.05, 0) is 13.0 Å². The molecule has 1 aliphatic rings. The van der Waals surface area contributed by atoms with Gasteiger partial charge in [-0.1, -0.05) is 12.1 Å². The predicted molar refractivity (Wildman–Crippen MR) is 84.2 cm³/mol. The Balaban J connectivity index is 2.23. The Labute approximate surface area is 132 Å². The first-order chi connectivity index (χ1) is 11.0. The van der Waals surface area contributed by atoms with Gasteiger partial charge in [0.15, 0.2) is 11.5 Å². The molecule has 7 heteroatoms. The molecule has 2 aromatic rings. The molecule has 23 heavy (non-hydrogen) atoms. The number of aromatic nitrogens is 2. The number of aryl methyl sites for hydroxylation is 1. The van der Waals surface area contributed by atoms with Crippen molar-refractivity contribution in [3.63, 3.8) is 0 Å². The van der Waals surface area contributed by atoms with Crippen LogP contribution in [0.1, 0.15) is 29.3 Å². The summed E-state index contributed by atoms with van der Waals surface area (Å²) < 4.78 is 10.7. The van der Waals surface area contributed by atoms with E-state index < -0.39 is 5.92 Å². The van der Waals surface area contributed by atoms with E-state index in [0.29, 0.717) is 28.7 Å². The molecule has 120 valence electrons. The van der Waals surface area contributed by atoms with Gasteiger partial charge in [0.1, 0.15) is 11.6 Å². The number of H-pyrrole nitrogens is 1. The van der Waals surface area contributed by atoms with Crippen LogP contribution >= 0.6 is 0 Å². The van der Waals surface area contributed by atoms with E-state index in [-0.39, 0.29) is 17.9 Å². The molecule has 0 aliphatic carbocycles. The lowest BCUT2D eigenvalue weighted by Crippen LogP contribution is -2.31. The van der Waals surface area contributed by atoms with Crippen molar-refractivity contribution >= 4 is 11.7 Å². The van der Waals surface area contributed by atoms with Crippen molar-refractivity contribution in [2.45, 2.75) is 19.3 Å². The number of nitrogens with one attached hydrogen (secondary N) is 2. The number of aromatic amines is 1. The van der Waals surface area contributed by atoms with E-state index in [4.69, 9.17) is 9.47 Å². The molecule has 1 atom stereocenters. The van der Waals surface area contributed by atoms with Crippen LogP contribution in [0.15, 0.2) is 23.0 Å². The van der Waals surface area contributed by atoms with Gasteiger partial charge in [0.25, 0.3) is 5.56 Å². The van der Waals surface area contributed by atoms with Gasteiger partial charge in [0, 0.05) is 17.9 Å². The normalized spacial score (nSPS) is 16.5. The quantitative estimate of drug-likeness (QED) is 0.897. The monoisotopic (exact) mass is 315 g/mol. The number of nitrogens with zero attached hydrogens (tertiary/aromatic N) is 1. The fraction of sp³-hybridized carbons (Fsp3) is 0.312. The minimum atomic E-state index is -0.444. The van der Waals surface area contributed by atoms with Crippen molar-refractivity contribution in [3.8, 4) is 11.5 Å². The van der Waals surface area contributed by atoms with E-state index in [1.54, 1.807) is 26.2 Å². The summed E-state index contributed by atoms with van der Waals surface area (Å²) in [5.74, 6) is 1.19. The minimum absolute atomic E-state index is 0.143. The van der Waals surface area contributed by atoms with Gasteiger partial charge in [-0.25, -0.2) is 4.98 Å². The molecule has 0 fully saturated rings. The highest BCUT2D eigenvalue weighted by atomic mass is 16.5. The second kappa shape index (κ2) is 5.75. The van der Waals surface area contributed by atoms with E-state index in [0.717, 1.165) is 5.56 Å².